The van der Waals surface area contributed by atoms with Crippen molar-refractivity contribution in [3.05, 3.63) is 134 Å². The molecule has 0 radical (unpaired) electrons. The zero-order valence-corrected chi connectivity index (χ0v) is 23.7. The van der Waals surface area contributed by atoms with Crippen LogP contribution in [0.3, 0.4) is 0 Å². The molecule has 0 aliphatic rings. The van der Waals surface area contributed by atoms with Crippen LogP contribution in [0.1, 0.15) is 22.3 Å². The summed E-state index contributed by atoms with van der Waals surface area (Å²) in [5, 5.41) is 1.61. The molecule has 5 rings (SSSR count). The number of aryl methyl sites for hydroxylation is 2. The summed E-state index contributed by atoms with van der Waals surface area (Å²) in [5.74, 6) is 0.868. The van der Waals surface area contributed by atoms with E-state index in [1.807, 2.05) is 62.4 Å². The van der Waals surface area contributed by atoms with Gasteiger partial charge in [0.15, 0.2) is 0 Å². The van der Waals surface area contributed by atoms with Crippen LogP contribution in [-0.2, 0) is 11.4 Å². The SMILES string of the molecule is Cc1cc(Oc2coc3cc(OC(=O)C=Cc4ccc(OCc5ccc(Cl)cc5)cc4)ccc3c2=O)cc(C)c1Cl. The number of halogens is 2. The maximum atomic E-state index is 13.0. The van der Waals surface area contributed by atoms with E-state index in [0.29, 0.717) is 33.5 Å². The molecule has 5 aromatic rings. The lowest BCUT2D eigenvalue weighted by atomic mass is 10.1. The number of benzene rings is 4. The van der Waals surface area contributed by atoms with Crippen molar-refractivity contribution in [3.8, 4) is 23.0 Å². The van der Waals surface area contributed by atoms with Gasteiger partial charge in [-0.15, -0.1) is 0 Å². The van der Waals surface area contributed by atoms with Gasteiger partial charge in [-0.3, -0.25) is 4.79 Å². The monoisotopic (exact) mass is 586 g/mol. The molecule has 4 aromatic carbocycles. The van der Waals surface area contributed by atoms with Crippen LogP contribution in [0.25, 0.3) is 17.0 Å². The second kappa shape index (κ2) is 12.3. The van der Waals surface area contributed by atoms with E-state index in [0.717, 1.165) is 22.3 Å². The highest BCUT2D eigenvalue weighted by Gasteiger charge is 2.13. The molecule has 41 heavy (non-hydrogen) atoms. The average Bonchev–Trinajstić information content (AvgIpc) is 2.96. The number of ether oxygens (including phenoxy) is 3. The average molecular weight is 587 g/mol. The molecule has 0 bridgehead atoms. The first kappa shape index (κ1) is 28.0. The van der Waals surface area contributed by atoms with E-state index in [9.17, 15) is 9.59 Å². The van der Waals surface area contributed by atoms with Crippen LogP contribution in [0.15, 0.2) is 100 Å². The Hall–Kier alpha value is -4.52. The molecule has 0 amide bonds. The maximum absolute atomic E-state index is 13.0. The predicted octanol–water partition coefficient (Wildman–Crippen LogP) is 8.71. The number of fused-ring (bicyclic) bond motifs is 1. The molecule has 1 heterocycles. The van der Waals surface area contributed by atoms with Gasteiger partial charge < -0.3 is 18.6 Å². The number of esters is 1. The van der Waals surface area contributed by atoms with E-state index < -0.39 is 5.97 Å². The molecule has 0 aliphatic carbocycles. The van der Waals surface area contributed by atoms with Crippen molar-refractivity contribution in [1.29, 1.82) is 0 Å². The van der Waals surface area contributed by atoms with Crippen molar-refractivity contribution in [2.45, 2.75) is 20.5 Å². The van der Waals surface area contributed by atoms with Crippen molar-refractivity contribution >= 4 is 46.2 Å². The summed E-state index contributed by atoms with van der Waals surface area (Å²) >= 11 is 12.1. The maximum Gasteiger partial charge on any atom is 0.336 e. The van der Waals surface area contributed by atoms with Crippen molar-refractivity contribution in [2.75, 3.05) is 0 Å². The van der Waals surface area contributed by atoms with Crippen LogP contribution >= 0.6 is 23.2 Å². The summed E-state index contributed by atoms with van der Waals surface area (Å²) < 4.78 is 22.6. The Morgan fingerprint density at radius 2 is 1.54 bits per heavy atom. The van der Waals surface area contributed by atoms with E-state index in [1.165, 1.54) is 30.5 Å². The Kier molecular flexibility index (Phi) is 8.43. The fraction of sp³-hybridized carbons (Fsp3) is 0.0909. The highest BCUT2D eigenvalue weighted by Crippen LogP contribution is 2.29. The van der Waals surface area contributed by atoms with Crippen molar-refractivity contribution in [2.24, 2.45) is 0 Å². The number of carbonyl (C=O) groups excluding carboxylic acids is 1. The van der Waals surface area contributed by atoms with E-state index >= 15 is 0 Å². The van der Waals surface area contributed by atoms with E-state index in [-0.39, 0.29) is 22.5 Å². The largest absolute Gasteiger partial charge is 0.489 e. The van der Waals surface area contributed by atoms with Gasteiger partial charge in [-0.1, -0.05) is 47.5 Å². The first-order valence-electron chi connectivity index (χ1n) is 12.6. The summed E-state index contributed by atoms with van der Waals surface area (Å²) in [6.45, 7) is 4.14. The van der Waals surface area contributed by atoms with Crippen molar-refractivity contribution < 1.29 is 23.4 Å². The molecular formula is C33H24Cl2O6. The zero-order chi connectivity index (χ0) is 28.9. The molecule has 0 spiro atoms. The van der Waals surface area contributed by atoms with Gasteiger partial charge in [0.05, 0.1) is 5.39 Å². The van der Waals surface area contributed by atoms with Crippen LogP contribution < -0.4 is 19.6 Å². The van der Waals surface area contributed by atoms with Gasteiger partial charge in [0.1, 0.15) is 35.7 Å². The second-order valence-corrected chi connectivity index (χ2v) is 10.1. The number of rotatable bonds is 8. The second-order valence-electron chi connectivity index (χ2n) is 9.30. The minimum Gasteiger partial charge on any atom is -0.489 e. The van der Waals surface area contributed by atoms with Crippen LogP contribution in [0.4, 0.5) is 0 Å². The number of hydrogen-bond donors (Lipinski definition) is 0. The Balaban J connectivity index is 1.20. The quantitative estimate of drug-likeness (QED) is 0.103. The Bertz CT molecular complexity index is 1780. The fourth-order valence-electron chi connectivity index (χ4n) is 4.05. The van der Waals surface area contributed by atoms with E-state index in [1.54, 1.807) is 18.2 Å². The molecule has 0 N–H and O–H groups in total. The first-order valence-corrected chi connectivity index (χ1v) is 13.4. The van der Waals surface area contributed by atoms with Crippen LogP contribution in [0, 0.1) is 13.8 Å². The van der Waals surface area contributed by atoms with Crippen molar-refractivity contribution in [3.63, 3.8) is 0 Å². The van der Waals surface area contributed by atoms with Gasteiger partial charge in [0.25, 0.3) is 0 Å². The molecule has 0 atom stereocenters. The summed E-state index contributed by atoms with van der Waals surface area (Å²) in [5.41, 5.74) is 3.38. The van der Waals surface area contributed by atoms with Crippen LogP contribution in [0.5, 0.6) is 23.0 Å². The van der Waals surface area contributed by atoms with Gasteiger partial charge in [-0.2, -0.15) is 0 Å². The topological polar surface area (TPSA) is 75.0 Å². The Morgan fingerprint density at radius 1 is 0.854 bits per heavy atom. The summed E-state index contributed by atoms with van der Waals surface area (Å²) in [7, 11) is 0. The van der Waals surface area contributed by atoms with Crippen LogP contribution in [0.2, 0.25) is 10.0 Å². The summed E-state index contributed by atoms with van der Waals surface area (Å²) in [6.07, 6.45) is 4.19. The number of hydrogen-bond acceptors (Lipinski definition) is 6. The lowest BCUT2D eigenvalue weighted by molar-refractivity contribution is -0.128. The van der Waals surface area contributed by atoms with E-state index in [4.69, 9.17) is 41.8 Å². The molecule has 0 saturated carbocycles. The molecule has 8 heteroatoms. The highest BCUT2D eigenvalue weighted by atomic mass is 35.5. The smallest absolute Gasteiger partial charge is 0.336 e. The van der Waals surface area contributed by atoms with Gasteiger partial charge in [0, 0.05) is 22.2 Å². The normalized spacial score (nSPS) is 11.1. The van der Waals surface area contributed by atoms with Crippen molar-refractivity contribution in [1.82, 2.24) is 0 Å². The van der Waals surface area contributed by atoms with Gasteiger partial charge in [-0.05, 0) is 90.7 Å². The molecule has 6 nitrogen and oxygen atoms in total. The minimum atomic E-state index is -0.580. The molecule has 0 unspecified atom stereocenters. The molecule has 206 valence electrons. The van der Waals surface area contributed by atoms with E-state index in [2.05, 4.69) is 0 Å². The first-order chi connectivity index (χ1) is 19.7. The molecule has 0 saturated heterocycles. The third kappa shape index (κ3) is 6.98. The number of carbonyl (C=O) groups is 1. The molecule has 1 aromatic heterocycles. The Morgan fingerprint density at radius 3 is 2.24 bits per heavy atom. The van der Waals surface area contributed by atoms with Crippen LogP contribution in [-0.4, -0.2) is 5.97 Å². The Labute approximate surface area is 246 Å². The van der Waals surface area contributed by atoms with Gasteiger partial charge >= 0.3 is 5.97 Å². The van der Waals surface area contributed by atoms with Gasteiger partial charge in [-0.25, -0.2) is 4.79 Å². The minimum absolute atomic E-state index is 0.0349. The molecule has 0 aliphatic heterocycles. The highest BCUT2D eigenvalue weighted by molar-refractivity contribution is 6.32. The third-order valence-electron chi connectivity index (χ3n) is 6.18. The summed E-state index contributed by atoms with van der Waals surface area (Å²) in [4.78, 5) is 25.4. The fourth-order valence-corrected chi connectivity index (χ4v) is 4.29. The van der Waals surface area contributed by atoms with Gasteiger partial charge in [0.2, 0.25) is 11.2 Å². The third-order valence-corrected chi connectivity index (χ3v) is 7.03. The molecular weight excluding hydrogens is 563 g/mol. The zero-order valence-electron chi connectivity index (χ0n) is 22.2. The lowest BCUT2D eigenvalue weighted by Gasteiger charge is -2.09. The summed E-state index contributed by atoms with van der Waals surface area (Å²) in [6, 6.07) is 22.8. The molecule has 0 fully saturated rings. The lowest BCUT2D eigenvalue weighted by Crippen LogP contribution is -2.06. The standard InChI is InChI=1S/C33H24Cl2O6/c1-20-15-27(16-21(2)32(20)35)40-30-19-39-29-17-26(12-13-28(29)33(30)37)41-31(36)14-7-22-5-10-25(11-6-22)38-18-23-3-8-24(34)9-4-23/h3-17,19H,18H2,1-2H3. The predicted molar refractivity (Wildman–Crippen MR) is 160 cm³/mol.